The zero-order chi connectivity index (χ0) is 7.97. The Morgan fingerprint density at radius 1 is 1.17 bits per heavy atom. The molecule has 0 aliphatic carbocycles. The second-order valence-corrected chi connectivity index (χ2v) is 4.79. The van der Waals surface area contributed by atoms with Gasteiger partial charge in [-0.3, -0.25) is 0 Å². The summed E-state index contributed by atoms with van der Waals surface area (Å²) >= 11 is 3.64. The summed E-state index contributed by atoms with van der Waals surface area (Å²) in [6.45, 7) is 0. The van der Waals surface area contributed by atoms with E-state index in [0.717, 1.165) is 0 Å². The van der Waals surface area contributed by atoms with Crippen LogP contribution in [0.25, 0.3) is 14.4 Å². The van der Waals surface area contributed by atoms with E-state index in [2.05, 4.69) is 40.2 Å². The van der Waals surface area contributed by atoms with Crippen LogP contribution in [0, 0.1) is 0 Å². The maximum atomic E-state index is 2.24. The zero-order valence-electron chi connectivity index (χ0n) is 6.23. The molecule has 0 N–H and O–H groups in total. The molecule has 0 unspecified atom stereocenters. The Labute approximate surface area is 77.5 Å². The van der Waals surface area contributed by atoms with Crippen molar-refractivity contribution in [3.05, 3.63) is 35.8 Å². The maximum absolute atomic E-state index is 2.24. The van der Waals surface area contributed by atoms with Gasteiger partial charge in [0.25, 0.3) is 0 Å². The number of thiazole rings is 2. The maximum Gasteiger partial charge on any atom is 0.326 e. The van der Waals surface area contributed by atoms with E-state index >= 15 is 0 Å². The van der Waals surface area contributed by atoms with Gasteiger partial charge in [-0.15, -0.1) is 4.40 Å². The van der Waals surface area contributed by atoms with Gasteiger partial charge in [0.05, 0.1) is 5.38 Å². The van der Waals surface area contributed by atoms with Gasteiger partial charge in [0.2, 0.25) is 5.52 Å². The molecule has 0 saturated carbocycles. The van der Waals surface area contributed by atoms with Gasteiger partial charge < -0.3 is 0 Å². The van der Waals surface area contributed by atoms with Crippen LogP contribution in [0.5, 0.6) is 0 Å². The highest BCUT2D eigenvalue weighted by molar-refractivity contribution is 7.37. The van der Waals surface area contributed by atoms with Crippen molar-refractivity contribution < 1.29 is 4.40 Å². The lowest BCUT2D eigenvalue weighted by Gasteiger charge is -1.78. The van der Waals surface area contributed by atoms with Gasteiger partial charge in [-0.2, -0.15) is 0 Å². The molecule has 0 radical (unpaired) electrons. The van der Waals surface area contributed by atoms with Gasteiger partial charge >= 0.3 is 4.14 Å². The largest absolute Gasteiger partial charge is 0.326 e. The highest BCUT2D eigenvalue weighted by Crippen LogP contribution is 2.23. The second-order valence-electron chi connectivity index (χ2n) is 2.61. The third-order valence-electron chi connectivity index (χ3n) is 1.90. The fourth-order valence-corrected chi connectivity index (χ4v) is 3.42. The van der Waals surface area contributed by atoms with Crippen LogP contribution in [0.2, 0.25) is 0 Å². The molecule has 0 amide bonds. The first-order valence-corrected chi connectivity index (χ1v) is 5.41. The van der Waals surface area contributed by atoms with Gasteiger partial charge in [-0.05, 0) is 6.07 Å². The molecule has 0 bridgehead atoms. The lowest BCUT2D eigenvalue weighted by molar-refractivity contribution is -0.472. The van der Waals surface area contributed by atoms with Crippen molar-refractivity contribution in [1.82, 2.24) is 0 Å². The molecule has 0 saturated heterocycles. The Hall–Kier alpha value is -0.930. The number of benzene rings is 1. The van der Waals surface area contributed by atoms with Crippen molar-refractivity contribution in [1.29, 1.82) is 0 Å². The molecule has 3 rings (SSSR count). The topological polar surface area (TPSA) is 4.10 Å². The molecule has 12 heavy (non-hydrogen) atoms. The Bertz CT molecular complexity index is 534. The molecule has 3 aromatic rings. The van der Waals surface area contributed by atoms with Crippen LogP contribution in [0.4, 0.5) is 0 Å². The van der Waals surface area contributed by atoms with Crippen LogP contribution in [0.1, 0.15) is 0 Å². The van der Waals surface area contributed by atoms with Crippen molar-refractivity contribution in [3.8, 4) is 0 Å². The molecule has 0 atom stereocenters. The van der Waals surface area contributed by atoms with Gasteiger partial charge in [0, 0.05) is 6.07 Å². The Morgan fingerprint density at radius 2 is 2.08 bits per heavy atom. The standard InChI is InChI=1S/C9H6NS2/c1-2-4-8-7(3-1)10-5-6-11-9(10)12-8/h1-6H/q+1. The minimum atomic E-state index is 1.32. The minimum absolute atomic E-state index is 1.32. The van der Waals surface area contributed by atoms with Crippen molar-refractivity contribution in [3.63, 3.8) is 0 Å². The van der Waals surface area contributed by atoms with E-state index in [1.807, 2.05) is 11.3 Å². The molecule has 1 aromatic carbocycles. The predicted molar refractivity (Wildman–Crippen MR) is 52.9 cm³/mol. The lowest BCUT2D eigenvalue weighted by Crippen LogP contribution is -2.13. The molecule has 3 heteroatoms. The van der Waals surface area contributed by atoms with Crippen LogP contribution in [0.3, 0.4) is 0 Å². The number of rotatable bonds is 0. The molecule has 0 spiro atoms. The number of para-hydroxylation sites is 1. The third-order valence-corrected chi connectivity index (χ3v) is 4.03. The zero-order valence-corrected chi connectivity index (χ0v) is 7.86. The van der Waals surface area contributed by atoms with Crippen LogP contribution in [0.15, 0.2) is 35.8 Å². The molecule has 0 aliphatic rings. The first-order valence-electron chi connectivity index (χ1n) is 3.71. The number of hydrogen-bond donors (Lipinski definition) is 0. The molecular weight excluding hydrogens is 186 g/mol. The van der Waals surface area contributed by atoms with E-state index in [1.54, 1.807) is 11.3 Å². The second kappa shape index (κ2) is 2.28. The van der Waals surface area contributed by atoms with Crippen LogP contribution >= 0.6 is 22.7 Å². The van der Waals surface area contributed by atoms with E-state index in [0.29, 0.717) is 0 Å². The summed E-state index contributed by atoms with van der Waals surface area (Å²) in [5.74, 6) is 0. The number of fused-ring (bicyclic) bond motifs is 3. The lowest BCUT2D eigenvalue weighted by atomic mass is 10.3. The number of hydrogen-bond acceptors (Lipinski definition) is 2. The van der Waals surface area contributed by atoms with E-state index < -0.39 is 0 Å². The van der Waals surface area contributed by atoms with Gasteiger partial charge in [-0.25, -0.2) is 0 Å². The number of aromatic nitrogens is 1. The summed E-state index contributed by atoms with van der Waals surface area (Å²) < 4.78 is 4.96. The highest BCUT2D eigenvalue weighted by Gasteiger charge is 2.12. The molecule has 1 nitrogen and oxygen atoms in total. The van der Waals surface area contributed by atoms with Gasteiger partial charge in [-0.1, -0.05) is 34.8 Å². The van der Waals surface area contributed by atoms with Gasteiger partial charge in [0.15, 0.2) is 6.20 Å². The van der Waals surface area contributed by atoms with Crippen molar-refractivity contribution in [2.24, 2.45) is 0 Å². The van der Waals surface area contributed by atoms with E-state index in [9.17, 15) is 0 Å². The third kappa shape index (κ3) is 0.750. The summed E-state index contributed by atoms with van der Waals surface area (Å²) in [5.41, 5.74) is 1.32. The van der Waals surface area contributed by atoms with Gasteiger partial charge in [0.1, 0.15) is 4.70 Å². The molecule has 0 aliphatic heterocycles. The molecule has 2 aromatic heterocycles. The summed E-state index contributed by atoms with van der Waals surface area (Å²) in [6.07, 6.45) is 2.12. The van der Waals surface area contributed by atoms with Crippen molar-refractivity contribution in [2.75, 3.05) is 0 Å². The minimum Gasteiger partial charge on any atom is -0.140 e. The van der Waals surface area contributed by atoms with E-state index in [-0.39, 0.29) is 0 Å². The smallest absolute Gasteiger partial charge is 0.140 e. The fraction of sp³-hybridized carbons (Fsp3) is 0. The van der Waals surface area contributed by atoms with E-state index in [1.165, 1.54) is 14.4 Å². The Balaban J connectivity index is 2.68. The Kier molecular flexibility index (Phi) is 1.25. The Morgan fingerprint density at radius 3 is 3.08 bits per heavy atom. The number of nitrogens with zero attached hydrogens (tertiary/aromatic N) is 1. The van der Waals surface area contributed by atoms with Crippen molar-refractivity contribution in [2.45, 2.75) is 0 Å². The van der Waals surface area contributed by atoms with Crippen molar-refractivity contribution >= 4 is 37.0 Å². The average Bonchev–Trinajstić information content (AvgIpc) is 2.62. The summed E-state index contributed by atoms with van der Waals surface area (Å²) in [5, 5.41) is 2.12. The SMILES string of the molecule is c1ccc2c(c1)sc1scc[n+]12. The molecular formula is C9H6NS2+. The molecule has 58 valence electrons. The van der Waals surface area contributed by atoms with Crippen LogP contribution in [-0.2, 0) is 0 Å². The highest BCUT2D eigenvalue weighted by atomic mass is 32.2. The summed E-state index contributed by atoms with van der Waals surface area (Å²) in [7, 11) is 0. The van der Waals surface area contributed by atoms with Crippen LogP contribution < -0.4 is 4.40 Å². The normalized spacial score (nSPS) is 11.3. The quantitative estimate of drug-likeness (QED) is 0.482. The molecule has 2 heterocycles. The fourth-order valence-electron chi connectivity index (χ4n) is 1.36. The average molecular weight is 192 g/mol. The monoisotopic (exact) mass is 192 g/mol. The summed E-state index contributed by atoms with van der Waals surface area (Å²) in [6, 6.07) is 8.49. The first-order chi connectivity index (χ1) is 5.95. The van der Waals surface area contributed by atoms with Crippen LogP contribution in [-0.4, -0.2) is 0 Å². The molecule has 0 fully saturated rings. The summed E-state index contributed by atoms with van der Waals surface area (Å²) in [4.78, 5) is 0. The first kappa shape index (κ1) is 6.57. The van der Waals surface area contributed by atoms with E-state index in [4.69, 9.17) is 0 Å². The predicted octanol–water partition coefficient (Wildman–Crippen LogP) is 2.70.